The fourth-order valence-corrected chi connectivity index (χ4v) is 3.30. The second-order valence-corrected chi connectivity index (χ2v) is 6.61. The van der Waals surface area contributed by atoms with Gasteiger partial charge in [-0.1, -0.05) is 0 Å². The summed E-state index contributed by atoms with van der Waals surface area (Å²) in [4.78, 5) is 12.4. The summed E-state index contributed by atoms with van der Waals surface area (Å²) in [5.41, 5.74) is 0. The van der Waals surface area contributed by atoms with Gasteiger partial charge in [-0.2, -0.15) is 0 Å². The predicted molar refractivity (Wildman–Crippen MR) is 67.7 cm³/mol. The molecule has 1 aliphatic carbocycles. The summed E-state index contributed by atoms with van der Waals surface area (Å²) in [6.07, 6.45) is 2.52. The lowest BCUT2D eigenvalue weighted by molar-refractivity contribution is 0.0949. The van der Waals surface area contributed by atoms with E-state index in [0.717, 1.165) is 27.9 Å². The molecule has 1 aliphatic rings. The highest BCUT2D eigenvalue weighted by Crippen LogP contribution is 2.25. The van der Waals surface area contributed by atoms with Crippen LogP contribution in [0.2, 0.25) is 0 Å². The normalized spacial score (nSPS) is 24.6. The van der Waals surface area contributed by atoms with E-state index in [1.165, 1.54) is 11.3 Å². The second kappa shape index (κ2) is 5.29. The summed E-state index contributed by atoms with van der Waals surface area (Å²) in [5.74, 6) is 0.416. The van der Waals surface area contributed by atoms with Crippen molar-refractivity contribution in [3.05, 3.63) is 20.8 Å². The fraction of sp³-hybridized carbons (Fsp3) is 0.545. The molecule has 0 radical (unpaired) electrons. The number of thiophene rings is 1. The molecule has 2 N–H and O–H groups in total. The molecule has 1 aromatic rings. The zero-order valence-electron chi connectivity index (χ0n) is 8.78. The molecular weight excluding hydrogens is 290 g/mol. The van der Waals surface area contributed by atoms with Gasteiger partial charge in [0.05, 0.1) is 14.8 Å². The lowest BCUT2D eigenvalue weighted by Crippen LogP contribution is -2.28. The Morgan fingerprint density at radius 3 is 2.94 bits per heavy atom. The molecule has 0 bridgehead atoms. The molecule has 0 aliphatic heterocycles. The van der Waals surface area contributed by atoms with Gasteiger partial charge in [-0.25, -0.2) is 0 Å². The standard InChI is InChI=1S/C11H14BrNO2S/c12-10-4-3-9(16-10)11(15)13-6-7-1-2-8(14)5-7/h3-4,7-8,14H,1-2,5-6H2,(H,13,15). The highest BCUT2D eigenvalue weighted by molar-refractivity contribution is 9.11. The average Bonchev–Trinajstić information content (AvgIpc) is 2.84. The van der Waals surface area contributed by atoms with Crippen molar-refractivity contribution < 1.29 is 9.90 Å². The van der Waals surface area contributed by atoms with Gasteiger partial charge in [0.1, 0.15) is 0 Å². The topological polar surface area (TPSA) is 49.3 Å². The number of aliphatic hydroxyl groups excluding tert-OH is 1. The van der Waals surface area contributed by atoms with Gasteiger partial charge in [-0.05, 0) is 53.2 Å². The van der Waals surface area contributed by atoms with Crippen molar-refractivity contribution in [3.8, 4) is 0 Å². The SMILES string of the molecule is O=C(NCC1CCC(O)C1)c1ccc(Br)s1. The first-order valence-electron chi connectivity index (χ1n) is 5.37. The number of hydrogen-bond acceptors (Lipinski definition) is 3. The quantitative estimate of drug-likeness (QED) is 0.901. The minimum atomic E-state index is -0.169. The van der Waals surface area contributed by atoms with Crippen molar-refractivity contribution in [2.45, 2.75) is 25.4 Å². The van der Waals surface area contributed by atoms with E-state index >= 15 is 0 Å². The highest BCUT2D eigenvalue weighted by Gasteiger charge is 2.23. The number of amides is 1. The summed E-state index contributed by atoms with van der Waals surface area (Å²) in [7, 11) is 0. The van der Waals surface area contributed by atoms with Crippen molar-refractivity contribution in [1.29, 1.82) is 0 Å². The van der Waals surface area contributed by atoms with Crippen LogP contribution < -0.4 is 5.32 Å². The van der Waals surface area contributed by atoms with E-state index in [4.69, 9.17) is 0 Å². The Balaban J connectivity index is 1.80. The number of hydrogen-bond donors (Lipinski definition) is 2. The maximum absolute atomic E-state index is 11.7. The van der Waals surface area contributed by atoms with Gasteiger partial charge in [0, 0.05) is 6.54 Å². The van der Waals surface area contributed by atoms with Gasteiger partial charge >= 0.3 is 0 Å². The van der Waals surface area contributed by atoms with Crippen LogP contribution in [0.1, 0.15) is 28.9 Å². The number of nitrogens with one attached hydrogen (secondary N) is 1. The molecule has 1 heterocycles. The summed E-state index contributed by atoms with van der Waals surface area (Å²) >= 11 is 4.77. The Morgan fingerprint density at radius 2 is 2.38 bits per heavy atom. The number of rotatable bonds is 3. The molecule has 0 aromatic carbocycles. The van der Waals surface area contributed by atoms with Gasteiger partial charge in [-0.15, -0.1) is 11.3 Å². The lowest BCUT2D eigenvalue weighted by Gasteiger charge is -2.09. The first-order valence-corrected chi connectivity index (χ1v) is 6.97. The molecule has 3 nitrogen and oxygen atoms in total. The van der Waals surface area contributed by atoms with E-state index in [0.29, 0.717) is 12.5 Å². The molecule has 88 valence electrons. The Morgan fingerprint density at radius 1 is 1.56 bits per heavy atom. The van der Waals surface area contributed by atoms with Gasteiger partial charge in [0.15, 0.2) is 0 Å². The maximum Gasteiger partial charge on any atom is 0.261 e. The largest absolute Gasteiger partial charge is 0.393 e. The lowest BCUT2D eigenvalue weighted by atomic mass is 10.1. The minimum Gasteiger partial charge on any atom is -0.393 e. The number of carbonyl (C=O) groups excluding carboxylic acids is 1. The molecule has 2 rings (SSSR count). The molecule has 16 heavy (non-hydrogen) atoms. The van der Waals surface area contributed by atoms with Crippen LogP contribution in [-0.2, 0) is 0 Å². The van der Waals surface area contributed by atoms with Crippen molar-refractivity contribution >= 4 is 33.2 Å². The van der Waals surface area contributed by atoms with Crippen molar-refractivity contribution in [3.63, 3.8) is 0 Å². The van der Waals surface area contributed by atoms with Crippen LogP contribution in [0.3, 0.4) is 0 Å². The van der Waals surface area contributed by atoms with E-state index < -0.39 is 0 Å². The second-order valence-electron chi connectivity index (χ2n) is 4.15. The van der Waals surface area contributed by atoms with Crippen LogP contribution >= 0.6 is 27.3 Å². The van der Waals surface area contributed by atoms with Gasteiger partial charge in [0.2, 0.25) is 0 Å². The molecule has 2 unspecified atom stereocenters. The predicted octanol–water partition coefficient (Wildman–Crippen LogP) is 2.40. The zero-order chi connectivity index (χ0) is 11.5. The first-order chi connectivity index (χ1) is 7.65. The Bertz CT molecular complexity index is 380. The highest BCUT2D eigenvalue weighted by atomic mass is 79.9. The average molecular weight is 304 g/mol. The van der Waals surface area contributed by atoms with Crippen LogP contribution in [0.15, 0.2) is 15.9 Å². The summed E-state index contributed by atoms with van der Waals surface area (Å²) < 4.78 is 0.967. The summed E-state index contributed by atoms with van der Waals surface area (Å²) in [6.45, 7) is 0.672. The van der Waals surface area contributed by atoms with E-state index in [2.05, 4.69) is 21.2 Å². The monoisotopic (exact) mass is 303 g/mol. The van der Waals surface area contributed by atoms with Gasteiger partial charge < -0.3 is 10.4 Å². The Kier molecular flexibility index (Phi) is 4.00. The smallest absolute Gasteiger partial charge is 0.261 e. The fourth-order valence-electron chi connectivity index (χ4n) is 1.99. The van der Waals surface area contributed by atoms with E-state index in [9.17, 15) is 9.90 Å². The maximum atomic E-state index is 11.7. The van der Waals surface area contributed by atoms with Crippen molar-refractivity contribution in [2.24, 2.45) is 5.92 Å². The molecule has 0 spiro atoms. The molecule has 1 amide bonds. The third-order valence-corrected chi connectivity index (χ3v) is 4.48. The molecule has 5 heteroatoms. The first kappa shape index (κ1) is 12.1. The molecule has 1 fully saturated rings. The van der Waals surface area contributed by atoms with Crippen molar-refractivity contribution in [2.75, 3.05) is 6.54 Å². The number of aliphatic hydroxyl groups is 1. The van der Waals surface area contributed by atoms with Crippen molar-refractivity contribution in [1.82, 2.24) is 5.32 Å². The molecule has 1 saturated carbocycles. The summed E-state index contributed by atoms with van der Waals surface area (Å²) in [5, 5.41) is 12.3. The third-order valence-electron chi connectivity index (χ3n) is 2.86. The van der Waals surface area contributed by atoms with E-state index in [1.54, 1.807) is 0 Å². The van der Waals surface area contributed by atoms with E-state index in [-0.39, 0.29) is 12.0 Å². The number of halogens is 1. The molecule has 2 atom stereocenters. The van der Waals surface area contributed by atoms with E-state index in [1.807, 2.05) is 12.1 Å². The molecule has 1 aromatic heterocycles. The minimum absolute atomic E-state index is 0.0166. The zero-order valence-corrected chi connectivity index (χ0v) is 11.2. The van der Waals surface area contributed by atoms with Crippen LogP contribution in [0.4, 0.5) is 0 Å². The Hall–Kier alpha value is -0.390. The van der Waals surface area contributed by atoms with Gasteiger partial charge in [-0.3, -0.25) is 4.79 Å². The number of carbonyl (C=O) groups is 1. The molecule has 0 saturated heterocycles. The summed E-state index contributed by atoms with van der Waals surface area (Å²) in [6, 6.07) is 3.69. The van der Waals surface area contributed by atoms with Crippen LogP contribution in [0.25, 0.3) is 0 Å². The molecular formula is C11H14BrNO2S. The third kappa shape index (κ3) is 3.06. The Labute approximate surface area is 107 Å². The van der Waals surface area contributed by atoms with Crippen LogP contribution in [-0.4, -0.2) is 23.7 Å². The van der Waals surface area contributed by atoms with Gasteiger partial charge in [0.25, 0.3) is 5.91 Å². The van der Waals surface area contributed by atoms with Crippen LogP contribution in [0, 0.1) is 5.92 Å². The van der Waals surface area contributed by atoms with Crippen LogP contribution in [0.5, 0.6) is 0 Å².